The number of benzene rings is 1. The summed E-state index contributed by atoms with van der Waals surface area (Å²) in [5, 5.41) is 8.85. The lowest BCUT2D eigenvalue weighted by atomic mass is 10.1. The average Bonchev–Trinajstić information content (AvgIpc) is 2.78. The van der Waals surface area contributed by atoms with Gasteiger partial charge >= 0.3 is 5.97 Å². The van der Waals surface area contributed by atoms with Crippen LogP contribution in [0.25, 0.3) is 11.3 Å². The molecule has 2 N–H and O–H groups in total. The van der Waals surface area contributed by atoms with E-state index in [1.807, 2.05) is 18.2 Å². The number of hydrogen-bond donors (Lipinski definition) is 2. The Morgan fingerprint density at radius 2 is 2.12 bits per heavy atom. The Hall–Kier alpha value is -1.75. The molecule has 2 rings (SSSR count). The number of carboxylic acids is 1. The van der Waals surface area contributed by atoms with Crippen LogP contribution in [0, 0.1) is 0 Å². The van der Waals surface area contributed by atoms with E-state index in [1.165, 1.54) is 6.07 Å². The number of carboxylic acid groups (broad SMARTS) is 1. The van der Waals surface area contributed by atoms with Gasteiger partial charge in [0, 0.05) is 15.7 Å². The van der Waals surface area contributed by atoms with Gasteiger partial charge in [0.25, 0.3) is 0 Å². The number of halogens is 1. The molecule has 1 aromatic carbocycles. The maximum atomic E-state index is 10.8. The van der Waals surface area contributed by atoms with Gasteiger partial charge in [-0.3, -0.25) is 0 Å². The molecule has 0 aliphatic heterocycles. The third kappa shape index (κ3) is 2.34. The van der Waals surface area contributed by atoms with Crippen LogP contribution in [-0.2, 0) is 0 Å². The first-order valence-electron chi connectivity index (χ1n) is 4.88. The fourth-order valence-corrected chi connectivity index (χ4v) is 1.93. The van der Waals surface area contributed by atoms with Crippen LogP contribution in [-0.4, -0.2) is 23.2 Å². The maximum absolute atomic E-state index is 10.8. The number of ether oxygens (including phenoxy) is 1. The van der Waals surface area contributed by atoms with Crippen LogP contribution in [0.2, 0.25) is 0 Å². The van der Waals surface area contributed by atoms with E-state index < -0.39 is 5.97 Å². The number of nitrogens with one attached hydrogen (secondary N) is 1. The normalized spacial score (nSPS) is 10.2. The number of methoxy groups -OCH3 is 1. The third-order valence-electron chi connectivity index (χ3n) is 2.37. The van der Waals surface area contributed by atoms with Crippen molar-refractivity contribution in [2.75, 3.05) is 7.11 Å². The molecule has 0 aliphatic rings. The van der Waals surface area contributed by atoms with Crippen molar-refractivity contribution in [1.82, 2.24) is 4.98 Å². The molecule has 0 fully saturated rings. The van der Waals surface area contributed by atoms with Crippen molar-refractivity contribution < 1.29 is 14.6 Å². The van der Waals surface area contributed by atoms with E-state index in [9.17, 15) is 4.79 Å². The zero-order valence-electron chi connectivity index (χ0n) is 9.03. The molecule has 0 amide bonds. The molecule has 0 radical (unpaired) electrons. The number of aromatic carboxylic acids is 1. The Morgan fingerprint density at radius 1 is 1.35 bits per heavy atom. The topological polar surface area (TPSA) is 62.3 Å². The Morgan fingerprint density at radius 3 is 2.71 bits per heavy atom. The van der Waals surface area contributed by atoms with Gasteiger partial charge in [-0.2, -0.15) is 0 Å². The third-order valence-corrected chi connectivity index (χ3v) is 2.86. The summed E-state index contributed by atoms with van der Waals surface area (Å²) in [6.45, 7) is 0. The van der Waals surface area contributed by atoms with Crippen LogP contribution in [0.1, 0.15) is 10.5 Å². The number of aromatic amines is 1. The minimum absolute atomic E-state index is 0.155. The zero-order chi connectivity index (χ0) is 12.4. The molecule has 1 heterocycles. The highest BCUT2D eigenvalue weighted by Crippen LogP contribution is 2.31. The smallest absolute Gasteiger partial charge is 0.352 e. The van der Waals surface area contributed by atoms with Crippen LogP contribution >= 0.6 is 15.9 Å². The zero-order valence-corrected chi connectivity index (χ0v) is 10.6. The molecule has 5 heteroatoms. The number of aromatic nitrogens is 1. The molecule has 2 aromatic rings. The first-order valence-corrected chi connectivity index (χ1v) is 5.67. The number of hydrogen-bond acceptors (Lipinski definition) is 2. The Balaban J connectivity index is 2.51. The maximum Gasteiger partial charge on any atom is 0.352 e. The van der Waals surface area contributed by atoms with Gasteiger partial charge in [0.2, 0.25) is 0 Å². The summed E-state index contributed by atoms with van der Waals surface area (Å²) in [7, 11) is 1.58. The molecular weight excluding hydrogens is 286 g/mol. The second-order valence-corrected chi connectivity index (χ2v) is 4.35. The monoisotopic (exact) mass is 295 g/mol. The molecular formula is C12H10BrNO3. The van der Waals surface area contributed by atoms with Gasteiger partial charge in [-0.1, -0.05) is 15.9 Å². The van der Waals surface area contributed by atoms with E-state index >= 15 is 0 Å². The van der Waals surface area contributed by atoms with E-state index in [1.54, 1.807) is 13.2 Å². The second-order valence-electron chi connectivity index (χ2n) is 3.44. The first-order chi connectivity index (χ1) is 8.11. The van der Waals surface area contributed by atoms with Gasteiger partial charge in [0.05, 0.1) is 7.11 Å². The van der Waals surface area contributed by atoms with Crippen molar-refractivity contribution in [3.8, 4) is 17.0 Å². The average molecular weight is 296 g/mol. The molecule has 0 spiro atoms. The highest BCUT2D eigenvalue weighted by atomic mass is 79.9. The summed E-state index contributed by atoms with van der Waals surface area (Å²) in [5.74, 6) is -0.294. The lowest BCUT2D eigenvalue weighted by molar-refractivity contribution is 0.0691. The van der Waals surface area contributed by atoms with Crippen LogP contribution < -0.4 is 4.74 Å². The van der Waals surface area contributed by atoms with Crippen LogP contribution in [0.5, 0.6) is 5.75 Å². The number of H-pyrrole nitrogens is 1. The molecule has 88 valence electrons. The number of carbonyl (C=O) groups is 1. The van der Waals surface area contributed by atoms with Crippen LogP contribution in [0.15, 0.2) is 34.8 Å². The molecule has 0 aliphatic carbocycles. The van der Waals surface area contributed by atoms with Crippen molar-refractivity contribution in [1.29, 1.82) is 0 Å². The second kappa shape index (κ2) is 4.63. The molecule has 0 saturated carbocycles. The fraction of sp³-hybridized carbons (Fsp3) is 0.0833. The van der Waals surface area contributed by atoms with Crippen LogP contribution in [0.4, 0.5) is 0 Å². The van der Waals surface area contributed by atoms with E-state index in [-0.39, 0.29) is 5.69 Å². The van der Waals surface area contributed by atoms with Gasteiger partial charge in [0.15, 0.2) is 0 Å². The van der Waals surface area contributed by atoms with Gasteiger partial charge in [-0.05, 0) is 30.3 Å². The minimum Gasteiger partial charge on any atom is -0.496 e. The number of rotatable bonds is 3. The predicted molar refractivity (Wildman–Crippen MR) is 67.4 cm³/mol. The van der Waals surface area contributed by atoms with Gasteiger partial charge in [0.1, 0.15) is 11.4 Å². The molecule has 17 heavy (non-hydrogen) atoms. The predicted octanol–water partition coefficient (Wildman–Crippen LogP) is 3.15. The van der Waals surface area contributed by atoms with Crippen molar-refractivity contribution in [3.63, 3.8) is 0 Å². The summed E-state index contributed by atoms with van der Waals surface area (Å²) in [5.41, 5.74) is 1.68. The van der Waals surface area contributed by atoms with Gasteiger partial charge in [-0.25, -0.2) is 4.79 Å². The van der Waals surface area contributed by atoms with E-state index in [2.05, 4.69) is 20.9 Å². The first kappa shape index (κ1) is 11.7. The van der Waals surface area contributed by atoms with Gasteiger partial charge < -0.3 is 14.8 Å². The summed E-state index contributed by atoms with van der Waals surface area (Å²) >= 11 is 3.37. The summed E-state index contributed by atoms with van der Waals surface area (Å²) in [6, 6.07) is 8.80. The largest absolute Gasteiger partial charge is 0.496 e. The van der Waals surface area contributed by atoms with E-state index in [0.29, 0.717) is 11.4 Å². The summed E-state index contributed by atoms with van der Waals surface area (Å²) in [4.78, 5) is 13.6. The summed E-state index contributed by atoms with van der Waals surface area (Å²) in [6.07, 6.45) is 0. The minimum atomic E-state index is -0.981. The quantitative estimate of drug-likeness (QED) is 0.914. The molecule has 0 atom stereocenters. The Labute approximate surface area is 106 Å². The molecule has 1 aromatic heterocycles. The SMILES string of the molecule is COc1ccc(Br)cc1-c1ccc(C(=O)O)[nH]1. The highest BCUT2D eigenvalue weighted by Gasteiger charge is 2.11. The summed E-state index contributed by atoms with van der Waals surface area (Å²) < 4.78 is 6.14. The molecule has 0 saturated heterocycles. The molecule has 4 nitrogen and oxygen atoms in total. The van der Waals surface area contributed by atoms with E-state index in [4.69, 9.17) is 9.84 Å². The lowest BCUT2D eigenvalue weighted by Crippen LogP contribution is -1.96. The van der Waals surface area contributed by atoms with Crippen molar-refractivity contribution in [2.45, 2.75) is 0 Å². The fourth-order valence-electron chi connectivity index (χ4n) is 1.57. The molecule has 0 unspecified atom stereocenters. The van der Waals surface area contributed by atoms with Crippen molar-refractivity contribution >= 4 is 21.9 Å². The van der Waals surface area contributed by atoms with E-state index in [0.717, 1.165) is 10.0 Å². The standard InChI is InChI=1S/C12H10BrNO3/c1-17-11-5-2-7(13)6-8(11)9-3-4-10(14-9)12(15)16/h2-6,14H,1H3,(H,15,16). The molecule has 0 bridgehead atoms. The Bertz CT molecular complexity index is 563. The lowest BCUT2D eigenvalue weighted by Gasteiger charge is -2.07. The highest BCUT2D eigenvalue weighted by molar-refractivity contribution is 9.10. The van der Waals surface area contributed by atoms with Crippen LogP contribution in [0.3, 0.4) is 0 Å². The van der Waals surface area contributed by atoms with Gasteiger partial charge in [-0.15, -0.1) is 0 Å². The van der Waals surface area contributed by atoms with Crippen molar-refractivity contribution in [3.05, 3.63) is 40.5 Å². The Kier molecular flexibility index (Phi) is 3.19. The van der Waals surface area contributed by atoms with Crippen molar-refractivity contribution in [2.24, 2.45) is 0 Å².